The molecule has 0 amide bonds. The lowest BCUT2D eigenvalue weighted by Crippen LogP contribution is -2.28. The van der Waals surface area contributed by atoms with E-state index in [0.717, 1.165) is 27.6 Å². The minimum absolute atomic E-state index is 0.447. The van der Waals surface area contributed by atoms with Crippen molar-refractivity contribution in [2.24, 2.45) is 10.7 Å². The molecule has 0 bridgehead atoms. The predicted molar refractivity (Wildman–Crippen MR) is 273 cm³/mol. The molecule has 0 spiro atoms. The van der Waals surface area contributed by atoms with E-state index in [2.05, 4.69) is 224 Å². The normalized spacial score (nSPS) is 13.0. The van der Waals surface area contributed by atoms with Gasteiger partial charge in [-0.2, -0.15) is 0 Å². The van der Waals surface area contributed by atoms with Gasteiger partial charge in [-0.3, -0.25) is 0 Å². The summed E-state index contributed by atoms with van der Waals surface area (Å²) in [7, 11) is 0. The van der Waals surface area contributed by atoms with Gasteiger partial charge in [0.15, 0.2) is 0 Å². The van der Waals surface area contributed by atoms with Crippen LogP contribution in [0.4, 0.5) is 0 Å². The third-order valence-electron chi connectivity index (χ3n) is 13.1. The smallest absolute Gasteiger partial charge is 0.131 e. The van der Waals surface area contributed by atoms with Gasteiger partial charge in [0, 0.05) is 11.1 Å². The second kappa shape index (κ2) is 17.1. The molecule has 308 valence electrons. The van der Waals surface area contributed by atoms with E-state index in [1.807, 2.05) is 30.3 Å². The summed E-state index contributed by atoms with van der Waals surface area (Å²) in [5.41, 5.74) is 25.1. The summed E-state index contributed by atoms with van der Waals surface area (Å²) >= 11 is 0. The molecule has 2 N–H and O–H groups in total. The number of benzene rings is 10. The average Bonchev–Trinajstić information content (AvgIpc) is 3.69. The van der Waals surface area contributed by atoms with Gasteiger partial charge < -0.3 is 5.73 Å². The maximum atomic E-state index is 6.88. The molecule has 0 saturated carbocycles. The van der Waals surface area contributed by atoms with Crippen molar-refractivity contribution in [2.45, 2.75) is 11.8 Å². The number of nitrogens with zero attached hydrogens (tertiary/aromatic N) is 1. The second-order valence-corrected chi connectivity index (χ2v) is 16.8. The van der Waals surface area contributed by atoms with Crippen molar-refractivity contribution < 1.29 is 0 Å². The van der Waals surface area contributed by atoms with Crippen molar-refractivity contribution in [3.8, 4) is 44.5 Å². The van der Waals surface area contributed by atoms with Gasteiger partial charge in [-0.1, -0.05) is 243 Å². The van der Waals surface area contributed by atoms with Gasteiger partial charge in [0.1, 0.15) is 5.84 Å². The van der Waals surface area contributed by atoms with E-state index in [9.17, 15) is 0 Å². The number of hydrogen-bond acceptors (Lipinski definition) is 1. The maximum absolute atomic E-state index is 6.88. The molecule has 0 radical (unpaired) electrons. The van der Waals surface area contributed by atoms with Gasteiger partial charge >= 0.3 is 0 Å². The maximum Gasteiger partial charge on any atom is 0.131 e. The first kappa shape index (κ1) is 39.5. The molecule has 1 aliphatic rings. The molecular weight excluding hydrogens is 785 g/mol. The SMILES string of the molecule is NC(=N/C(=C\Cc1ccc(-c2ccccc2)cc1-c1ccccc1)c1ccc(-c2ccc3c(c2)-c2ccccc2C3(c2ccccc2)c2ccccc2)c2ccccc12)c1ccccc1. The molecule has 65 heavy (non-hydrogen) atoms. The first-order chi connectivity index (χ1) is 32.2. The van der Waals surface area contributed by atoms with Gasteiger partial charge in [0.05, 0.1) is 11.1 Å². The Labute approximate surface area is 381 Å². The van der Waals surface area contributed by atoms with Crippen LogP contribution in [0, 0.1) is 0 Å². The lowest BCUT2D eigenvalue weighted by Gasteiger charge is -2.33. The standard InChI is InChI=1S/C63H46N2/c64-62(47-24-10-3-11-25-47)65-61(41-37-46-34-35-48(44-20-6-1-7-21-44)42-57(46)45-22-8-2-9-23-45)56-39-38-52(53-30-16-17-31-54(53)56)49-36-40-60-58(43-49)55-32-18-19-33-59(55)63(60,50-26-12-4-13-27-50)51-28-14-5-15-29-51/h1-36,38-43H,37H2,(H2,64,65)/b61-41-. The highest BCUT2D eigenvalue weighted by molar-refractivity contribution is 6.06. The summed E-state index contributed by atoms with van der Waals surface area (Å²) in [4.78, 5) is 5.25. The summed E-state index contributed by atoms with van der Waals surface area (Å²) in [5, 5.41) is 2.28. The van der Waals surface area contributed by atoms with Crippen molar-refractivity contribution >= 4 is 22.3 Å². The Morgan fingerprint density at radius 3 is 1.63 bits per heavy atom. The minimum Gasteiger partial charge on any atom is -0.383 e. The van der Waals surface area contributed by atoms with Crippen LogP contribution in [0.15, 0.2) is 260 Å². The third-order valence-corrected chi connectivity index (χ3v) is 13.1. The number of aliphatic imine (C=N–C) groups is 1. The van der Waals surface area contributed by atoms with Crippen LogP contribution in [0.25, 0.3) is 61.0 Å². The number of fused-ring (bicyclic) bond motifs is 4. The monoisotopic (exact) mass is 830 g/mol. The highest BCUT2D eigenvalue weighted by Crippen LogP contribution is 2.56. The van der Waals surface area contributed by atoms with Gasteiger partial charge in [-0.15, -0.1) is 0 Å². The number of rotatable bonds is 10. The Balaban J connectivity index is 1.06. The first-order valence-corrected chi connectivity index (χ1v) is 22.4. The molecule has 0 saturated heterocycles. The number of allylic oxidation sites excluding steroid dienone is 1. The van der Waals surface area contributed by atoms with Crippen LogP contribution in [0.1, 0.15) is 38.9 Å². The Morgan fingerprint density at radius 2 is 0.938 bits per heavy atom. The third kappa shape index (κ3) is 7.16. The van der Waals surface area contributed by atoms with E-state index in [4.69, 9.17) is 10.7 Å². The van der Waals surface area contributed by atoms with Crippen molar-refractivity contribution in [2.75, 3.05) is 0 Å². The molecule has 1 aliphatic carbocycles. The summed E-state index contributed by atoms with van der Waals surface area (Å²) in [6.45, 7) is 0. The van der Waals surface area contributed by atoms with E-state index in [0.29, 0.717) is 12.3 Å². The van der Waals surface area contributed by atoms with E-state index in [1.165, 1.54) is 72.3 Å². The Morgan fingerprint density at radius 1 is 0.400 bits per heavy atom. The highest BCUT2D eigenvalue weighted by Gasteiger charge is 2.46. The van der Waals surface area contributed by atoms with Crippen LogP contribution in [0.2, 0.25) is 0 Å². The van der Waals surface area contributed by atoms with Gasteiger partial charge in [-0.25, -0.2) is 4.99 Å². The van der Waals surface area contributed by atoms with Crippen LogP contribution in [-0.4, -0.2) is 5.84 Å². The summed E-state index contributed by atoms with van der Waals surface area (Å²) in [6.07, 6.45) is 2.91. The fourth-order valence-electron chi connectivity index (χ4n) is 10.1. The zero-order valence-corrected chi connectivity index (χ0v) is 36.0. The Hall–Kier alpha value is -8.33. The number of nitrogens with two attached hydrogens (primary N) is 1. The summed E-state index contributed by atoms with van der Waals surface area (Å²) < 4.78 is 0. The predicted octanol–water partition coefficient (Wildman–Crippen LogP) is 15.2. The van der Waals surface area contributed by atoms with Crippen molar-refractivity contribution in [3.05, 3.63) is 294 Å². The molecule has 0 heterocycles. The second-order valence-electron chi connectivity index (χ2n) is 16.8. The summed E-state index contributed by atoms with van der Waals surface area (Å²) in [5.74, 6) is 0.477. The van der Waals surface area contributed by atoms with E-state index < -0.39 is 5.41 Å². The summed E-state index contributed by atoms with van der Waals surface area (Å²) in [6, 6.07) is 89.4. The van der Waals surface area contributed by atoms with E-state index in [1.54, 1.807) is 0 Å². The Kier molecular flexibility index (Phi) is 10.4. The Bertz CT molecular complexity index is 3330. The number of hydrogen-bond donors (Lipinski definition) is 1. The molecule has 10 aromatic rings. The van der Waals surface area contributed by atoms with Crippen LogP contribution in [0.3, 0.4) is 0 Å². The van der Waals surface area contributed by atoms with Crippen LogP contribution >= 0.6 is 0 Å². The molecule has 0 aromatic heterocycles. The molecule has 0 atom stereocenters. The van der Waals surface area contributed by atoms with Crippen molar-refractivity contribution in [1.29, 1.82) is 0 Å². The highest BCUT2D eigenvalue weighted by atomic mass is 14.9. The molecule has 10 aromatic carbocycles. The van der Waals surface area contributed by atoms with Crippen LogP contribution < -0.4 is 5.73 Å². The number of amidine groups is 1. The largest absolute Gasteiger partial charge is 0.383 e. The van der Waals surface area contributed by atoms with Gasteiger partial charge in [-0.05, 0) is 102 Å². The molecular formula is C63H46N2. The molecule has 2 heteroatoms. The van der Waals surface area contributed by atoms with Gasteiger partial charge in [0.25, 0.3) is 0 Å². The average molecular weight is 831 g/mol. The zero-order valence-electron chi connectivity index (χ0n) is 36.0. The van der Waals surface area contributed by atoms with Crippen LogP contribution in [-0.2, 0) is 11.8 Å². The van der Waals surface area contributed by atoms with E-state index in [-0.39, 0.29) is 0 Å². The topological polar surface area (TPSA) is 38.4 Å². The molecule has 11 rings (SSSR count). The van der Waals surface area contributed by atoms with Crippen LogP contribution in [0.5, 0.6) is 0 Å². The van der Waals surface area contributed by atoms with Crippen molar-refractivity contribution in [3.63, 3.8) is 0 Å². The zero-order chi connectivity index (χ0) is 43.6. The molecule has 0 unspecified atom stereocenters. The molecule has 0 fully saturated rings. The van der Waals surface area contributed by atoms with Crippen molar-refractivity contribution in [1.82, 2.24) is 0 Å². The minimum atomic E-state index is -0.447. The van der Waals surface area contributed by atoms with E-state index >= 15 is 0 Å². The molecule has 0 aliphatic heterocycles. The van der Waals surface area contributed by atoms with Gasteiger partial charge in [0.2, 0.25) is 0 Å². The first-order valence-electron chi connectivity index (χ1n) is 22.4. The lowest BCUT2D eigenvalue weighted by atomic mass is 9.67. The fraction of sp³-hybridized carbons (Fsp3) is 0.0317. The quantitative estimate of drug-likeness (QED) is 0.108. The lowest BCUT2D eigenvalue weighted by molar-refractivity contribution is 0.768. The molecule has 2 nitrogen and oxygen atoms in total. The fourth-order valence-corrected chi connectivity index (χ4v) is 10.1.